The van der Waals surface area contributed by atoms with Crippen LogP contribution in [-0.2, 0) is 6.42 Å². The minimum atomic E-state index is -0.702. The van der Waals surface area contributed by atoms with Crippen LogP contribution >= 0.6 is 0 Å². The van der Waals surface area contributed by atoms with Crippen LogP contribution < -0.4 is 11.1 Å². The second-order valence-electron chi connectivity index (χ2n) is 5.19. The average Bonchev–Trinajstić information content (AvgIpc) is 2.37. The van der Waals surface area contributed by atoms with Crippen LogP contribution in [0.15, 0.2) is 18.2 Å². The predicted molar refractivity (Wildman–Crippen MR) is 69.7 cm³/mol. The molecule has 1 aromatic carbocycles. The van der Waals surface area contributed by atoms with Gasteiger partial charge in [-0.3, -0.25) is 0 Å². The minimum Gasteiger partial charge on any atom is -0.390 e. The Bertz CT molecular complexity index is 402. The third kappa shape index (κ3) is 3.96. The molecule has 0 saturated carbocycles. The normalized spacial score (nSPS) is 23.1. The Kier molecular flexibility index (Phi) is 4.85. The van der Waals surface area contributed by atoms with E-state index in [1.165, 1.54) is 12.1 Å². The fourth-order valence-electron chi connectivity index (χ4n) is 2.59. The summed E-state index contributed by atoms with van der Waals surface area (Å²) in [6, 6.07) is 2.78. The number of hydrogen-bond donors (Lipinski definition) is 3. The summed E-state index contributed by atoms with van der Waals surface area (Å²) in [6.07, 6.45) is 2.61. The van der Waals surface area contributed by atoms with Crippen LogP contribution in [-0.4, -0.2) is 29.8 Å². The highest BCUT2D eigenvalue weighted by molar-refractivity contribution is 5.19. The van der Waals surface area contributed by atoms with Gasteiger partial charge in [0.2, 0.25) is 0 Å². The van der Waals surface area contributed by atoms with Crippen molar-refractivity contribution in [1.29, 1.82) is 0 Å². The molecule has 1 saturated heterocycles. The standard InChI is InChI=1S/C14H20F2N2O/c15-10-5-9(6-11(16)8-10)7-12(17)14(19)13-3-1-2-4-18-13/h5-6,8,12-14,18-19H,1-4,7,17H2/t12-,13-,14-/m0/s1. The molecular formula is C14H20F2N2O. The van der Waals surface area contributed by atoms with Crippen molar-refractivity contribution in [2.24, 2.45) is 5.73 Å². The van der Waals surface area contributed by atoms with E-state index in [9.17, 15) is 13.9 Å². The maximum absolute atomic E-state index is 13.1. The Balaban J connectivity index is 1.97. The van der Waals surface area contributed by atoms with Gasteiger partial charge in [0.15, 0.2) is 0 Å². The Labute approximate surface area is 111 Å². The molecule has 1 aliphatic heterocycles. The quantitative estimate of drug-likeness (QED) is 0.774. The van der Waals surface area contributed by atoms with Crippen LogP contribution in [0.4, 0.5) is 8.78 Å². The molecule has 2 rings (SSSR count). The van der Waals surface area contributed by atoms with Gasteiger partial charge < -0.3 is 16.2 Å². The predicted octanol–water partition coefficient (Wildman–Crippen LogP) is 1.34. The number of piperidine rings is 1. The van der Waals surface area contributed by atoms with Gasteiger partial charge in [0, 0.05) is 18.2 Å². The lowest BCUT2D eigenvalue weighted by molar-refractivity contribution is 0.0883. The zero-order valence-corrected chi connectivity index (χ0v) is 10.8. The lowest BCUT2D eigenvalue weighted by atomic mass is 9.92. The molecule has 5 heteroatoms. The second-order valence-corrected chi connectivity index (χ2v) is 5.19. The van der Waals surface area contributed by atoms with E-state index in [0.717, 1.165) is 31.9 Å². The molecule has 0 spiro atoms. The summed E-state index contributed by atoms with van der Waals surface area (Å²) in [7, 11) is 0. The van der Waals surface area contributed by atoms with E-state index in [1.807, 2.05) is 0 Å². The molecule has 0 amide bonds. The van der Waals surface area contributed by atoms with Crippen LogP contribution in [0.5, 0.6) is 0 Å². The van der Waals surface area contributed by atoms with Crippen molar-refractivity contribution in [2.45, 2.75) is 43.9 Å². The Morgan fingerprint density at radius 1 is 1.26 bits per heavy atom. The highest BCUT2D eigenvalue weighted by Crippen LogP contribution is 2.16. The SMILES string of the molecule is N[C@@H](Cc1cc(F)cc(F)c1)[C@H](O)[C@@H]1CCCCN1. The smallest absolute Gasteiger partial charge is 0.126 e. The van der Waals surface area contributed by atoms with Crippen molar-refractivity contribution < 1.29 is 13.9 Å². The molecule has 0 aromatic heterocycles. The number of aliphatic hydroxyl groups is 1. The fraction of sp³-hybridized carbons (Fsp3) is 0.571. The summed E-state index contributed by atoms with van der Waals surface area (Å²) in [4.78, 5) is 0. The number of rotatable bonds is 4. The molecule has 3 nitrogen and oxygen atoms in total. The van der Waals surface area contributed by atoms with Gasteiger partial charge in [0.25, 0.3) is 0 Å². The molecule has 0 bridgehead atoms. The molecule has 1 fully saturated rings. The lowest BCUT2D eigenvalue weighted by Crippen LogP contribution is -2.52. The van der Waals surface area contributed by atoms with Crippen LogP contribution in [0.3, 0.4) is 0 Å². The molecule has 1 heterocycles. The van der Waals surface area contributed by atoms with Crippen LogP contribution in [0.1, 0.15) is 24.8 Å². The summed E-state index contributed by atoms with van der Waals surface area (Å²) >= 11 is 0. The fourth-order valence-corrected chi connectivity index (χ4v) is 2.59. The summed E-state index contributed by atoms with van der Waals surface area (Å²) in [5.74, 6) is -1.24. The van der Waals surface area contributed by atoms with E-state index >= 15 is 0 Å². The molecule has 19 heavy (non-hydrogen) atoms. The molecular weight excluding hydrogens is 250 g/mol. The molecule has 0 unspecified atom stereocenters. The van der Waals surface area contributed by atoms with Gasteiger partial charge >= 0.3 is 0 Å². The van der Waals surface area contributed by atoms with Gasteiger partial charge in [-0.2, -0.15) is 0 Å². The number of nitrogens with one attached hydrogen (secondary N) is 1. The van der Waals surface area contributed by atoms with Crippen molar-refractivity contribution in [3.63, 3.8) is 0 Å². The third-order valence-electron chi connectivity index (χ3n) is 3.59. The molecule has 4 N–H and O–H groups in total. The molecule has 106 valence electrons. The van der Waals surface area contributed by atoms with Crippen molar-refractivity contribution in [3.8, 4) is 0 Å². The number of nitrogens with two attached hydrogens (primary N) is 1. The van der Waals surface area contributed by atoms with Crippen LogP contribution in [0.2, 0.25) is 0 Å². The zero-order valence-electron chi connectivity index (χ0n) is 10.8. The maximum Gasteiger partial charge on any atom is 0.126 e. The first-order valence-electron chi connectivity index (χ1n) is 6.68. The highest BCUT2D eigenvalue weighted by Gasteiger charge is 2.26. The van der Waals surface area contributed by atoms with Crippen molar-refractivity contribution in [2.75, 3.05) is 6.54 Å². The number of halogens is 2. The minimum absolute atomic E-state index is 0.0258. The second kappa shape index (κ2) is 6.41. The van der Waals surface area contributed by atoms with E-state index < -0.39 is 23.8 Å². The summed E-state index contributed by atoms with van der Waals surface area (Å²) in [6.45, 7) is 0.878. The molecule has 3 atom stereocenters. The number of hydrogen-bond acceptors (Lipinski definition) is 3. The first-order valence-corrected chi connectivity index (χ1v) is 6.68. The van der Waals surface area contributed by atoms with Gasteiger partial charge in [0.1, 0.15) is 11.6 Å². The third-order valence-corrected chi connectivity index (χ3v) is 3.59. The van der Waals surface area contributed by atoms with Gasteiger partial charge in [-0.05, 0) is 43.5 Å². The Hall–Kier alpha value is -1.04. The summed E-state index contributed by atoms with van der Waals surface area (Å²) in [5, 5.41) is 13.4. The van der Waals surface area contributed by atoms with Crippen molar-refractivity contribution >= 4 is 0 Å². The summed E-state index contributed by atoms with van der Waals surface area (Å²) < 4.78 is 26.2. The monoisotopic (exact) mass is 270 g/mol. The van der Waals surface area contributed by atoms with E-state index in [4.69, 9.17) is 5.73 Å². The topological polar surface area (TPSA) is 58.3 Å². The van der Waals surface area contributed by atoms with E-state index in [1.54, 1.807) is 0 Å². The van der Waals surface area contributed by atoms with Gasteiger partial charge in [-0.25, -0.2) is 8.78 Å². The van der Waals surface area contributed by atoms with Crippen LogP contribution in [0.25, 0.3) is 0 Å². The highest BCUT2D eigenvalue weighted by atomic mass is 19.1. The largest absolute Gasteiger partial charge is 0.390 e. The zero-order chi connectivity index (χ0) is 13.8. The Morgan fingerprint density at radius 3 is 2.53 bits per heavy atom. The summed E-state index contributed by atoms with van der Waals surface area (Å²) in [5.41, 5.74) is 6.42. The molecule has 1 aliphatic rings. The maximum atomic E-state index is 13.1. The van der Waals surface area contributed by atoms with Gasteiger partial charge in [-0.1, -0.05) is 6.42 Å². The average molecular weight is 270 g/mol. The number of benzene rings is 1. The lowest BCUT2D eigenvalue weighted by Gasteiger charge is -2.31. The van der Waals surface area contributed by atoms with E-state index in [0.29, 0.717) is 5.56 Å². The molecule has 0 radical (unpaired) electrons. The Morgan fingerprint density at radius 2 is 1.95 bits per heavy atom. The van der Waals surface area contributed by atoms with Crippen molar-refractivity contribution in [1.82, 2.24) is 5.32 Å². The molecule has 1 aromatic rings. The molecule has 0 aliphatic carbocycles. The van der Waals surface area contributed by atoms with Crippen molar-refractivity contribution in [3.05, 3.63) is 35.4 Å². The van der Waals surface area contributed by atoms with Gasteiger partial charge in [0.05, 0.1) is 6.10 Å². The van der Waals surface area contributed by atoms with Gasteiger partial charge in [-0.15, -0.1) is 0 Å². The first kappa shape index (κ1) is 14.4. The van der Waals surface area contributed by atoms with Crippen LogP contribution in [0, 0.1) is 11.6 Å². The number of aliphatic hydroxyl groups excluding tert-OH is 1. The van der Waals surface area contributed by atoms with E-state index in [2.05, 4.69) is 5.32 Å². The first-order chi connectivity index (χ1) is 9.06. The van der Waals surface area contributed by atoms with E-state index in [-0.39, 0.29) is 12.5 Å².